The molecule has 4 nitrogen and oxygen atoms in total. The first-order valence-corrected chi connectivity index (χ1v) is 5.65. The van der Waals surface area contributed by atoms with Crippen LogP contribution in [-0.4, -0.2) is 14.6 Å². The number of aromatic nitrogens is 3. The molecule has 16 heavy (non-hydrogen) atoms. The molecule has 2 rings (SSSR count). The number of fused-ring (bicyclic) bond motifs is 1. The largest absolute Gasteiger partial charge is 0.384 e. The van der Waals surface area contributed by atoms with E-state index in [2.05, 4.69) is 37.8 Å². The third-order valence-electron chi connectivity index (χ3n) is 2.68. The summed E-state index contributed by atoms with van der Waals surface area (Å²) in [5.41, 5.74) is 8.85. The molecule has 0 atom stereocenters. The zero-order chi connectivity index (χ0) is 11.9. The summed E-state index contributed by atoms with van der Waals surface area (Å²) in [6.07, 6.45) is 0. The maximum atomic E-state index is 5.97. The highest BCUT2D eigenvalue weighted by atomic mass is 15.3. The van der Waals surface area contributed by atoms with Gasteiger partial charge in [0.05, 0.1) is 5.69 Å². The Morgan fingerprint density at radius 3 is 2.25 bits per heavy atom. The van der Waals surface area contributed by atoms with E-state index in [1.807, 2.05) is 12.1 Å². The zero-order valence-corrected chi connectivity index (χ0v) is 10.2. The Balaban J connectivity index is 2.63. The van der Waals surface area contributed by atoms with Crippen molar-refractivity contribution in [2.45, 2.75) is 39.5 Å². The molecule has 0 aromatic carbocycles. The first-order chi connectivity index (χ1) is 7.49. The lowest BCUT2D eigenvalue weighted by atomic mass is 10.1. The Morgan fingerprint density at radius 1 is 1.06 bits per heavy atom. The summed E-state index contributed by atoms with van der Waals surface area (Å²) in [6.45, 7) is 8.44. The average Bonchev–Trinajstić information content (AvgIpc) is 2.61. The second-order valence-electron chi connectivity index (χ2n) is 4.75. The van der Waals surface area contributed by atoms with Gasteiger partial charge in [-0.3, -0.25) is 0 Å². The van der Waals surface area contributed by atoms with Gasteiger partial charge in [-0.05, 0) is 11.8 Å². The predicted octanol–water partition coefficient (Wildman–Crippen LogP) is 2.56. The predicted molar refractivity (Wildman–Crippen MR) is 65.6 cm³/mol. The lowest BCUT2D eigenvalue weighted by Gasteiger charge is -2.06. The van der Waals surface area contributed by atoms with Gasteiger partial charge in [-0.15, -0.1) is 0 Å². The smallest absolute Gasteiger partial charge is 0.157 e. The number of anilines is 1. The zero-order valence-electron chi connectivity index (χ0n) is 10.2. The topological polar surface area (TPSA) is 56.2 Å². The van der Waals surface area contributed by atoms with Crippen LogP contribution in [0.2, 0.25) is 0 Å². The Labute approximate surface area is 95.5 Å². The SMILES string of the molecule is CC(C)c1cc(N)n2nc(C(C)C)cc2n1. The lowest BCUT2D eigenvalue weighted by Crippen LogP contribution is -2.04. The van der Waals surface area contributed by atoms with Crippen LogP contribution in [0, 0.1) is 0 Å². The monoisotopic (exact) mass is 218 g/mol. The van der Waals surface area contributed by atoms with Gasteiger partial charge in [0.15, 0.2) is 5.65 Å². The van der Waals surface area contributed by atoms with Crippen LogP contribution < -0.4 is 5.73 Å². The Hall–Kier alpha value is -1.58. The highest BCUT2D eigenvalue weighted by Gasteiger charge is 2.11. The maximum Gasteiger partial charge on any atom is 0.157 e. The molecule has 0 saturated heterocycles. The first kappa shape index (κ1) is 10.9. The molecular formula is C12H18N4. The molecule has 0 aliphatic heterocycles. The van der Waals surface area contributed by atoms with Crippen molar-refractivity contribution < 1.29 is 0 Å². The molecule has 4 heteroatoms. The van der Waals surface area contributed by atoms with Crippen LogP contribution in [0.3, 0.4) is 0 Å². The van der Waals surface area contributed by atoms with Gasteiger partial charge in [0.1, 0.15) is 5.82 Å². The van der Waals surface area contributed by atoms with Crippen molar-refractivity contribution in [3.8, 4) is 0 Å². The molecule has 0 amide bonds. The van der Waals surface area contributed by atoms with Gasteiger partial charge in [0, 0.05) is 17.8 Å². The van der Waals surface area contributed by atoms with Crippen LogP contribution in [0.15, 0.2) is 12.1 Å². The number of nitrogen functional groups attached to an aromatic ring is 1. The van der Waals surface area contributed by atoms with Gasteiger partial charge in [-0.2, -0.15) is 9.61 Å². The van der Waals surface area contributed by atoms with E-state index < -0.39 is 0 Å². The quantitative estimate of drug-likeness (QED) is 0.842. The number of hydrogen-bond donors (Lipinski definition) is 1. The number of hydrogen-bond acceptors (Lipinski definition) is 3. The summed E-state index contributed by atoms with van der Waals surface area (Å²) in [7, 11) is 0. The van der Waals surface area contributed by atoms with Crippen molar-refractivity contribution in [3.05, 3.63) is 23.5 Å². The van der Waals surface area contributed by atoms with Crippen molar-refractivity contribution in [1.29, 1.82) is 0 Å². The van der Waals surface area contributed by atoms with E-state index in [9.17, 15) is 0 Å². The van der Waals surface area contributed by atoms with Crippen LogP contribution in [0.5, 0.6) is 0 Å². The molecule has 0 saturated carbocycles. The molecule has 0 spiro atoms. The van der Waals surface area contributed by atoms with E-state index in [0.29, 0.717) is 17.7 Å². The van der Waals surface area contributed by atoms with Gasteiger partial charge in [0.25, 0.3) is 0 Å². The molecule has 2 N–H and O–H groups in total. The second-order valence-corrected chi connectivity index (χ2v) is 4.75. The third kappa shape index (κ3) is 1.75. The van der Waals surface area contributed by atoms with Crippen molar-refractivity contribution in [3.63, 3.8) is 0 Å². The Kier molecular flexibility index (Phi) is 2.58. The summed E-state index contributed by atoms with van der Waals surface area (Å²) in [5.74, 6) is 1.42. The standard InChI is InChI=1S/C12H18N4/c1-7(2)9-5-11(13)16-12(14-9)6-10(15-16)8(3)4/h5-8H,13H2,1-4H3. The van der Waals surface area contributed by atoms with Gasteiger partial charge >= 0.3 is 0 Å². The average molecular weight is 218 g/mol. The summed E-state index contributed by atoms with van der Waals surface area (Å²) in [4.78, 5) is 4.56. The number of nitrogens with zero attached hydrogens (tertiary/aromatic N) is 3. The minimum Gasteiger partial charge on any atom is -0.384 e. The highest BCUT2D eigenvalue weighted by molar-refractivity contribution is 5.49. The van der Waals surface area contributed by atoms with Crippen molar-refractivity contribution in [1.82, 2.24) is 14.6 Å². The molecule has 2 aromatic rings. The molecule has 86 valence electrons. The molecule has 0 unspecified atom stereocenters. The molecule has 0 radical (unpaired) electrons. The van der Waals surface area contributed by atoms with Crippen molar-refractivity contribution >= 4 is 11.5 Å². The van der Waals surface area contributed by atoms with E-state index in [4.69, 9.17) is 5.73 Å². The summed E-state index contributed by atoms with van der Waals surface area (Å²) < 4.78 is 1.71. The molecule has 0 aliphatic rings. The highest BCUT2D eigenvalue weighted by Crippen LogP contribution is 2.20. The minimum atomic E-state index is 0.379. The molecule has 0 fully saturated rings. The van der Waals surface area contributed by atoms with Gasteiger partial charge < -0.3 is 5.73 Å². The number of nitrogens with two attached hydrogens (primary N) is 1. The first-order valence-electron chi connectivity index (χ1n) is 5.65. The molecule has 0 bridgehead atoms. The molecule has 2 aromatic heterocycles. The maximum absolute atomic E-state index is 5.97. The summed E-state index contributed by atoms with van der Waals surface area (Å²) in [6, 6.07) is 3.90. The van der Waals surface area contributed by atoms with Crippen LogP contribution in [-0.2, 0) is 0 Å². The van der Waals surface area contributed by atoms with E-state index in [1.165, 1.54) is 0 Å². The second kappa shape index (κ2) is 3.77. The van der Waals surface area contributed by atoms with Gasteiger partial charge in [-0.25, -0.2) is 4.98 Å². The fourth-order valence-corrected chi connectivity index (χ4v) is 1.61. The van der Waals surface area contributed by atoms with Crippen LogP contribution >= 0.6 is 0 Å². The number of rotatable bonds is 2. The van der Waals surface area contributed by atoms with Crippen LogP contribution in [0.25, 0.3) is 5.65 Å². The van der Waals surface area contributed by atoms with E-state index in [-0.39, 0.29) is 0 Å². The normalized spacial score (nSPS) is 11.9. The van der Waals surface area contributed by atoms with E-state index >= 15 is 0 Å². The molecule has 2 heterocycles. The summed E-state index contributed by atoms with van der Waals surface area (Å²) >= 11 is 0. The van der Waals surface area contributed by atoms with Crippen LogP contribution in [0.4, 0.5) is 5.82 Å². The Morgan fingerprint density at radius 2 is 1.69 bits per heavy atom. The van der Waals surface area contributed by atoms with E-state index in [1.54, 1.807) is 4.52 Å². The fraction of sp³-hybridized carbons (Fsp3) is 0.500. The van der Waals surface area contributed by atoms with Crippen molar-refractivity contribution in [2.75, 3.05) is 5.73 Å². The lowest BCUT2D eigenvalue weighted by molar-refractivity contribution is 0.780. The Bertz CT molecular complexity index is 511. The molecule has 0 aliphatic carbocycles. The molecular weight excluding hydrogens is 200 g/mol. The third-order valence-corrected chi connectivity index (χ3v) is 2.68. The summed E-state index contributed by atoms with van der Waals surface area (Å²) in [5, 5.41) is 4.44. The van der Waals surface area contributed by atoms with E-state index in [0.717, 1.165) is 17.0 Å². The van der Waals surface area contributed by atoms with Gasteiger partial charge in [-0.1, -0.05) is 27.7 Å². The van der Waals surface area contributed by atoms with Crippen molar-refractivity contribution in [2.24, 2.45) is 0 Å². The fourth-order valence-electron chi connectivity index (χ4n) is 1.61. The minimum absolute atomic E-state index is 0.379. The van der Waals surface area contributed by atoms with Crippen LogP contribution in [0.1, 0.15) is 50.9 Å². The van der Waals surface area contributed by atoms with Gasteiger partial charge in [0.2, 0.25) is 0 Å².